The van der Waals surface area contributed by atoms with Crippen LogP contribution in [0.15, 0.2) is 77.9 Å². The SMILES string of the molecule is O=c1c(-c2ccccc2)c(O)[n+]2c(-c3ccc(Cl)nc3)cc3cccn1c32. The summed E-state index contributed by atoms with van der Waals surface area (Å²) in [5.74, 6) is -0.0997. The van der Waals surface area contributed by atoms with E-state index in [0.29, 0.717) is 16.4 Å². The Bertz CT molecular complexity index is 1350. The highest BCUT2D eigenvalue weighted by atomic mass is 35.5. The number of rotatable bonds is 2. The maximum atomic E-state index is 13.1. The van der Waals surface area contributed by atoms with E-state index in [2.05, 4.69) is 4.98 Å². The van der Waals surface area contributed by atoms with Crippen LogP contribution >= 0.6 is 11.6 Å². The van der Waals surface area contributed by atoms with Crippen LogP contribution in [0.1, 0.15) is 0 Å². The molecular weight excluding hydrogens is 362 g/mol. The van der Waals surface area contributed by atoms with Crippen molar-refractivity contribution >= 4 is 22.6 Å². The van der Waals surface area contributed by atoms with Crippen LogP contribution in [-0.4, -0.2) is 14.5 Å². The maximum Gasteiger partial charge on any atom is 0.354 e. The van der Waals surface area contributed by atoms with Gasteiger partial charge in [0.2, 0.25) is 0 Å². The summed E-state index contributed by atoms with van der Waals surface area (Å²) in [7, 11) is 0. The van der Waals surface area contributed by atoms with Crippen LogP contribution in [0.25, 0.3) is 33.4 Å². The third-order valence-corrected chi connectivity index (χ3v) is 4.92. The molecule has 1 aromatic carbocycles. The van der Waals surface area contributed by atoms with Crippen LogP contribution in [0, 0.1) is 0 Å². The van der Waals surface area contributed by atoms with E-state index in [1.807, 2.05) is 54.6 Å². The Labute approximate surface area is 158 Å². The minimum atomic E-state index is -0.268. The number of benzene rings is 1. The van der Waals surface area contributed by atoms with E-state index in [4.69, 9.17) is 11.6 Å². The van der Waals surface area contributed by atoms with Crippen molar-refractivity contribution in [3.63, 3.8) is 0 Å². The number of aromatic hydroxyl groups is 1. The Hall–Kier alpha value is -3.44. The fourth-order valence-corrected chi connectivity index (χ4v) is 3.61. The summed E-state index contributed by atoms with van der Waals surface area (Å²) in [5.41, 5.74) is 2.77. The zero-order valence-corrected chi connectivity index (χ0v) is 14.8. The number of pyridine rings is 2. The van der Waals surface area contributed by atoms with Crippen molar-refractivity contribution < 1.29 is 9.51 Å². The van der Waals surface area contributed by atoms with E-state index in [9.17, 15) is 9.90 Å². The lowest BCUT2D eigenvalue weighted by Crippen LogP contribution is -2.32. The molecule has 4 heterocycles. The summed E-state index contributed by atoms with van der Waals surface area (Å²) in [6, 6.07) is 18.3. The van der Waals surface area contributed by atoms with Crippen LogP contribution in [-0.2, 0) is 0 Å². The van der Waals surface area contributed by atoms with Gasteiger partial charge in [-0.05, 0) is 29.8 Å². The van der Waals surface area contributed by atoms with Gasteiger partial charge in [-0.3, -0.25) is 0 Å². The quantitative estimate of drug-likeness (QED) is 0.379. The first-order valence-corrected chi connectivity index (χ1v) is 8.75. The number of aromatic nitrogens is 3. The van der Waals surface area contributed by atoms with E-state index in [0.717, 1.165) is 16.6 Å². The first kappa shape index (κ1) is 15.8. The van der Waals surface area contributed by atoms with E-state index in [1.165, 1.54) is 0 Å². The van der Waals surface area contributed by atoms with Gasteiger partial charge in [0.15, 0.2) is 5.56 Å². The van der Waals surface area contributed by atoms with Crippen molar-refractivity contribution in [1.29, 1.82) is 0 Å². The average Bonchev–Trinajstić information content (AvgIpc) is 3.08. The second-order valence-corrected chi connectivity index (χ2v) is 6.65. The minimum Gasteiger partial charge on any atom is -0.477 e. The first-order chi connectivity index (χ1) is 13.1. The highest BCUT2D eigenvalue weighted by molar-refractivity contribution is 6.29. The highest BCUT2D eigenvalue weighted by Crippen LogP contribution is 2.29. The Morgan fingerprint density at radius 2 is 1.81 bits per heavy atom. The van der Waals surface area contributed by atoms with Gasteiger partial charge in [0.1, 0.15) is 10.8 Å². The zero-order chi connectivity index (χ0) is 18.5. The Balaban J connectivity index is 1.96. The third-order valence-electron chi connectivity index (χ3n) is 4.70. The topological polar surface area (TPSA) is 58.7 Å². The standard InChI is InChI=1S/C21H12ClN3O2/c22-17-9-8-15(12-23-17)16-11-14-7-4-10-24-19(14)25(16)21(27)18(20(24)26)13-5-2-1-3-6-13/h1-12H/p+1. The molecule has 0 unspecified atom stereocenters. The third kappa shape index (κ3) is 2.29. The summed E-state index contributed by atoms with van der Waals surface area (Å²) in [4.78, 5) is 17.2. The average molecular weight is 375 g/mol. The van der Waals surface area contributed by atoms with Crippen molar-refractivity contribution in [1.82, 2.24) is 9.38 Å². The molecule has 4 aromatic heterocycles. The Kier molecular flexibility index (Phi) is 3.39. The second kappa shape index (κ2) is 5.79. The van der Waals surface area contributed by atoms with E-state index >= 15 is 0 Å². The normalized spacial score (nSPS) is 11.4. The fourth-order valence-electron chi connectivity index (χ4n) is 3.50. The van der Waals surface area contributed by atoms with Crippen LogP contribution in [0.5, 0.6) is 5.88 Å². The number of hydrogen-bond acceptors (Lipinski definition) is 3. The molecule has 0 bridgehead atoms. The lowest BCUT2D eigenvalue weighted by Gasteiger charge is -2.05. The van der Waals surface area contributed by atoms with Gasteiger partial charge < -0.3 is 5.11 Å². The van der Waals surface area contributed by atoms with Crippen LogP contribution in [0.4, 0.5) is 0 Å². The molecule has 0 saturated carbocycles. The molecule has 6 heteroatoms. The molecule has 0 aliphatic rings. The second-order valence-electron chi connectivity index (χ2n) is 6.26. The summed E-state index contributed by atoms with van der Waals surface area (Å²) >= 11 is 5.91. The first-order valence-electron chi connectivity index (χ1n) is 8.37. The molecule has 0 radical (unpaired) electrons. The molecule has 0 spiro atoms. The van der Waals surface area contributed by atoms with Crippen LogP contribution < -0.4 is 9.96 Å². The van der Waals surface area contributed by atoms with Gasteiger partial charge in [0.05, 0.1) is 11.6 Å². The van der Waals surface area contributed by atoms with Gasteiger partial charge in [0, 0.05) is 17.8 Å². The van der Waals surface area contributed by atoms with Gasteiger partial charge in [-0.1, -0.05) is 41.9 Å². The summed E-state index contributed by atoms with van der Waals surface area (Å²) in [5, 5.41) is 12.3. The summed E-state index contributed by atoms with van der Waals surface area (Å²) in [6.45, 7) is 0. The van der Waals surface area contributed by atoms with Crippen molar-refractivity contribution in [2.24, 2.45) is 0 Å². The highest BCUT2D eigenvalue weighted by Gasteiger charge is 2.28. The number of hydrogen-bond donors (Lipinski definition) is 1. The molecule has 0 amide bonds. The number of nitrogens with zero attached hydrogens (tertiary/aromatic N) is 3. The van der Waals surface area contributed by atoms with Crippen molar-refractivity contribution in [3.8, 4) is 28.3 Å². The largest absolute Gasteiger partial charge is 0.477 e. The molecule has 5 nitrogen and oxygen atoms in total. The molecule has 1 N–H and O–H groups in total. The number of halogens is 1. The van der Waals surface area contributed by atoms with Gasteiger partial charge in [-0.15, -0.1) is 0 Å². The molecule has 5 aromatic rings. The maximum absolute atomic E-state index is 13.1. The fraction of sp³-hybridized carbons (Fsp3) is 0. The Morgan fingerprint density at radius 1 is 1.00 bits per heavy atom. The molecule has 0 aliphatic carbocycles. The smallest absolute Gasteiger partial charge is 0.354 e. The molecule has 0 atom stereocenters. The van der Waals surface area contributed by atoms with Gasteiger partial charge >= 0.3 is 17.1 Å². The van der Waals surface area contributed by atoms with Crippen molar-refractivity contribution in [3.05, 3.63) is 88.6 Å². The van der Waals surface area contributed by atoms with Crippen LogP contribution in [0.3, 0.4) is 0 Å². The monoisotopic (exact) mass is 374 g/mol. The van der Waals surface area contributed by atoms with E-state index in [-0.39, 0.29) is 17.0 Å². The predicted molar refractivity (Wildman–Crippen MR) is 103 cm³/mol. The molecular formula is C21H13ClN3O2+. The summed E-state index contributed by atoms with van der Waals surface area (Å²) in [6.07, 6.45) is 3.36. The molecule has 0 fully saturated rings. The lowest BCUT2D eigenvalue weighted by molar-refractivity contribution is -0.510. The van der Waals surface area contributed by atoms with Gasteiger partial charge in [-0.25, -0.2) is 9.78 Å². The van der Waals surface area contributed by atoms with Gasteiger partial charge in [0.25, 0.3) is 0 Å². The van der Waals surface area contributed by atoms with Gasteiger partial charge in [-0.2, -0.15) is 8.80 Å². The molecule has 27 heavy (non-hydrogen) atoms. The molecule has 5 rings (SSSR count). The lowest BCUT2D eigenvalue weighted by atomic mass is 10.1. The molecule has 130 valence electrons. The Morgan fingerprint density at radius 3 is 2.56 bits per heavy atom. The summed E-state index contributed by atoms with van der Waals surface area (Å²) < 4.78 is 3.24. The van der Waals surface area contributed by atoms with E-state index < -0.39 is 0 Å². The van der Waals surface area contributed by atoms with Crippen molar-refractivity contribution in [2.45, 2.75) is 0 Å². The van der Waals surface area contributed by atoms with E-state index in [1.54, 1.807) is 27.3 Å². The van der Waals surface area contributed by atoms with Crippen molar-refractivity contribution in [2.75, 3.05) is 0 Å². The minimum absolute atomic E-state index is 0.0997. The van der Waals surface area contributed by atoms with Crippen LogP contribution in [0.2, 0.25) is 5.15 Å². The molecule has 0 aliphatic heterocycles. The zero-order valence-electron chi connectivity index (χ0n) is 14.0. The predicted octanol–water partition coefficient (Wildman–Crippen LogP) is 3.56. The molecule has 0 saturated heterocycles.